The molecule has 2 atom stereocenters. The Labute approximate surface area is 97.3 Å². The fourth-order valence-corrected chi connectivity index (χ4v) is 1.94. The second kappa shape index (κ2) is 5.61. The van der Waals surface area contributed by atoms with Crippen molar-refractivity contribution in [2.75, 3.05) is 40.4 Å². The summed E-state index contributed by atoms with van der Waals surface area (Å²) in [5, 5.41) is 3.06. The minimum Gasteiger partial charge on any atom is -0.379 e. The minimum absolute atomic E-state index is 0.0913. The highest BCUT2D eigenvalue weighted by atomic mass is 16.5. The van der Waals surface area contributed by atoms with Crippen LogP contribution >= 0.6 is 0 Å². The van der Waals surface area contributed by atoms with Gasteiger partial charge in [0.05, 0.1) is 18.6 Å². The van der Waals surface area contributed by atoms with E-state index < -0.39 is 5.41 Å². The number of ether oxygens (including phenoxy) is 1. The van der Waals surface area contributed by atoms with Crippen molar-refractivity contribution >= 4 is 5.91 Å². The zero-order valence-corrected chi connectivity index (χ0v) is 10.5. The number of hydrogen-bond acceptors (Lipinski definition) is 4. The number of hydrogen-bond donors (Lipinski definition) is 2. The van der Waals surface area contributed by atoms with E-state index >= 15 is 0 Å². The molecule has 16 heavy (non-hydrogen) atoms. The Morgan fingerprint density at radius 1 is 1.69 bits per heavy atom. The topological polar surface area (TPSA) is 67.6 Å². The normalized spacial score (nSPS) is 29.4. The molecule has 1 fully saturated rings. The molecule has 94 valence electrons. The molecule has 0 aliphatic carbocycles. The van der Waals surface area contributed by atoms with Crippen LogP contribution in [0.2, 0.25) is 0 Å². The highest BCUT2D eigenvalue weighted by molar-refractivity contribution is 5.83. The van der Waals surface area contributed by atoms with E-state index in [2.05, 4.69) is 5.32 Å². The summed E-state index contributed by atoms with van der Waals surface area (Å²) in [4.78, 5) is 14.0. The van der Waals surface area contributed by atoms with Crippen molar-refractivity contribution in [2.24, 2.45) is 11.1 Å². The molecule has 1 rings (SSSR count). The van der Waals surface area contributed by atoms with E-state index in [1.54, 1.807) is 4.90 Å². The first-order valence-electron chi connectivity index (χ1n) is 5.76. The Morgan fingerprint density at radius 2 is 2.38 bits per heavy atom. The molecule has 1 amide bonds. The summed E-state index contributed by atoms with van der Waals surface area (Å²) in [7, 11) is 3.73. The molecule has 1 aliphatic heterocycles. The number of carbonyl (C=O) groups is 1. The summed E-state index contributed by atoms with van der Waals surface area (Å²) >= 11 is 0. The van der Waals surface area contributed by atoms with E-state index in [9.17, 15) is 4.79 Å². The third-order valence-electron chi connectivity index (χ3n) is 3.27. The lowest BCUT2D eigenvalue weighted by Crippen LogP contribution is -2.50. The van der Waals surface area contributed by atoms with Gasteiger partial charge in [0.25, 0.3) is 0 Å². The lowest BCUT2D eigenvalue weighted by Gasteiger charge is -2.30. The van der Waals surface area contributed by atoms with Gasteiger partial charge < -0.3 is 20.7 Å². The van der Waals surface area contributed by atoms with Crippen LogP contribution in [0.1, 0.15) is 13.3 Å². The Kier molecular flexibility index (Phi) is 4.70. The van der Waals surface area contributed by atoms with Crippen molar-refractivity contribution in [2.45, 2.75) is 19.4 Å². The van der Waals surface area contributed by atoms with Crippen LogP contribution in [0.15, 0.2) is 0 Å². The molecule has 5 nitrogen and oxygen atoms in total. The molecule has 1 saturated heterocycles. The lowest BCUT2D eigenvalue weighted by atomic mass is 9.84. The second-order valence-corrected chi connectivity index (χ2v) is 4.72. The smallest absolute Gasteiger partial charge is 0.232 e. The summed E-state index contributed by atoms with van der Waals surface area (Å²) in [6, 6.07) is -0.188. The van der Waals surface area contributed by atoms with Crippen molar-refractivity contribution in [1.29, 1.82) is 0 Å². The van der Waals surface area contributed by atoms with Crippen LogP contribution in [-0.2, 0) is 9.53 Å². The predicted octanol–water partition coefficient (Wildman–Crippen LogP) is -0.582. The van der Waals surface area contributed by atoms with Gasteiger partial charge in [-0.25, -0.2) is 0 Å². The third-order valence-corrected chi connectivity index (χ3v) is 3.27. The van der Waals surface area contributed by atoms with Crippen molar-refractivity contribution in [1.82, 2.24) is 10.2 Å². The van der Waals surface area contributed by atoms with Gasteiger partial charge in [-0.3, -0.25) is 4.79 Å². The van der Waals surface area contributed by atoms with Crippen LogP contribution in [0.4, 0.5) is 0 Å². The van der Waals surface area contributed by atoms with Crippen LogP contribution in [0.25, 0.3) is 0 Å². The number of amides is 1. The van der Waals surface area contributed by atoms with Crippen LogP contribution in [0.5, 0.6) is 0 Å². The van der Waals surface area contributed by atoms with E-state index in [0.29, 0.717) is 13.2 Å². The van der Waals surface area contributed by atoms with Gasteiger partial charge in [-0.05, 0) is 26.9 Å². The zero-order chi connectivity index (χ0) is 12.2. The van der Waals surface area contributed by atoms with Gasteiger partial charge in [-0.1, -0.05) is 0 Å². The van der Waals surface area contributed by atoms with Crippen molar-refractivity contribution in [3.63, 3.8) is 0 Å². The molecule has 1 aliphatic rings. The highest BCUT2D eigenvalue weighted by Crippen LogP contribution is 2.29. The van der Waals surface area contributed by atoms with E-state index in [-0.39, 0.29) is 11.9 Å². The molecule has 0 saturated carbocycles. The average molecular weight is 229 g/mol. The van der Waals surface area contributed by atoms with Gasteiger partial charge in [-0.2, -0.15) is 0 Å². The molecule has 0 radical (unpaired) electrons. The van der Waals surface area contributed by atoms with Gasteiger partial charge in [0.2, 0.25) is 5.91 Å². The van der Waals surface area contributed by atoms with Crippen LogP contribution in [-0.4, -0.2) is 57.2 Å². The molecule has 0 aromatic carbocycles. The Bertz CT molecular complexity index is 247. The molecule has 3 N–H and O–H groups in total. The Hall–Kier alpha value is -0.650. The first-order chi connectivity index (χ1) is 7.52. The van der Waals surface area contributed by atoms with Crippen molar-refractivity contribution in [3.05, 3.63) is 0 Å². The van der Waals surface area contributed by atoms with Gasteiger partial charge in [0, 0.05) is 19.6 Å². The first kappa shape index (κ1) is 13.4. The number of rotatable bonds is 5. The van der Waals surface area contributed by atoms with E-state index in [1.165, 1.54) is 0 Å². The SMILES string of the molecule is CNCCCN(C)C(=O)C1(C)COCC1N. The molecule has 1 heterocycles. The van der Waals surface area contributed by atoms with E-state index in [1.807, 2.05) is 21.0 Å². The van der Waals surface area contributed by atoms with E-state index in [0.717, 1.165) is 19.5 Å². The summed E-state index contributed by atoms with van der Waals surface area (Å²) in [6.45, 7) is 4.47. The van der Waals surface area contributed by atoms with Gasteiger partial charge in [0.15, 0.2) is 0 Å². The maximum absolute atomic E-state index is 12.2. The van der Waals surface area contributed by atoms with Crippen LogP contribution in [0.3, 0.4) is 0 Å². The summed E-state index contributed by atoms with van der Waals surface area (Å²) < 4.78 is 5.28. The quantitative estimate of drug-likeness (QED) is 0.619. The molecular formula is C11H23N3O2. The van der Waals surface area contributed by atoms with Gasteiger partial charge in [0.1, 0.15) is 0 Å². The Balaban J connectivity index is 2.49. The molecule has 0 aromatic heterocycles. The van der Waals surface area contributed by atoms with Crippen molar-refractivity contribution < 1.29 is 9.53 Å². The highest BCUT2D eigenvalue weighted by Gasteiger charge is 2.45. The standard InChI is InChI=1S/C11H23N3O2/c1-11(8-16-7-9(11)12)10(15)14(3)6-4-5-13-2/h9,13H,4-8,12H2,1-3H3. The summed E-state index contributed by atoms with van der Waals surface area (Å²) in [5.41, 5.74) is 5.37. The molecule has 0 aromatic rings. The maximum Gasteiger partial charge on any atom is 0.232 e. The van der Waals surface area contributed by atoms with Crippen molar-refractivity contribution in [3.8, 4) is 0 Å². The molecule has 2 unspecified atom stereocenters. The van der Waals surface area contributed by atoms with Gasteiger partial charge in [-0.15, -0.1) is 0 Å². The summed E-state index contributed by atoms with van der Waals surface area (Å²) in [6.07, 6.45) is 0.949. The molecule has 0 bridgehead atoms. The number of nitrogens with one attached hydrogen (secondary N) is 1. The predicted molar refractivity (Wildman–Crippen MR) is 63.1 cm³/mol. The number of nitrogens with zero attached hydrogens (tertiary/aromatic N) is 1. The van der Waals surface area contributed by atoms with Crippen LogP contribution < -0.4 is 11.1 Å². The summed E-state index contributed by atoms with van der Waals surface area (Å²) in [5.74, 6) is 0.0913. The van der Waals surface area contributed by atoms with Crippen LogP contribution in [0, 0.1) is 5.41 Å². The maximum atomic E-state index is 12.2. The van der Waals surface area contributed by atoms with E-state index in [4.69, 9.17) is 10.5 Å². The molecule has 0 spiro atoms. The van der Waals surface area contributed by atoms with Gasteiger partial charge >= 0.3 is 0 Å². The third kappa shape index (κ3) is 2.72. The fourth-order valence-electron chi connectivity index (χ4n) is 1.94. The minimum atomic E-state index is -0.547. The Morgan fingerprint density at radius 3 is 2.88 bits per heavy atom. The molecular weight excluding hydrogens is 206 g/mol. The number of nitrogens with two attached hydrogens (primary N) is 1. The number of carbonyl (C=O) groups excluding carboxylic acids is 1. The zero-order valence-electron chi connectivity index (χ0n) is 10.5. The monoisotopic (exact) mass is 229 g/mol. The fraction of sp³-hybridized carbons (Fsp3) is 0.909. The lowest BCUT2D eigenvalue weighted by molar-refractivity contribution is -0.140. The average Bonchev–Trinajstić information content (AvgIpc) is 2.59. The molecule has 5 heteroatoms. The first-order valence-corrected chi connectivity index (χ1v) is 5.76. The second-order valence-electron chi connectivity index (χ2n) is 4.72. The largest absolute Gasteiger partial charge is 0.379 e.